The number of hydrogen-bond acceptors (Lipinski definition) is 5. The van der Waals surface area contributed by atoms with Crippen LogP contribution in [0.2, 0.25) is 0 Å². The molecule has 0 aliphatic heterocycles. The Labute approximate surface area is 157 Å². The fraction of sp³-hybridized carbons (Fsp3) is 0. The lowest BCUT2D eigenvalue weighted by Gasteiger charge is -2.05. The monoisotopic (exact) mass is 412 g/mol. The molecule has 1 N–H and O–H groups in total. The first-order chi connectivity index (χ1) is 12.5. The molecule has 3 aromatic carbocycles. The van der Waals surface area contributed by atoms with Crippen molar-refractivity contribution in [3.63, 3.8) is 0 Å². The van der Waals surface area contributed by atoms with E-state index in [0.717, 1.165) is 5.75 Å². The van der Waals surface area contributed by atoms with Crippen LogP contribution in [0.15, 0.2) is 76.2 Å². The van der Waals surface area contributed by atoms with E-state index in [1.54, 1.807) is 24.3 Å². The lowest BCUT2D eigenvalue weighted by atomic mass is 10.2. The second-order valence-corrected chi connectivity index (χ2v) is 6.14. The van der Waals surface area contributed by atoms with E-state index in [1.807, 2.05) is 30.3 Å². The average Bonchev–Trinajstić information content (AvgIpc) is 2.64. The minimum Gasteiger partial charge on any atom is -0.506 e. The Morgan fingerprint density at radius 2 is 1.69 bits per heavy atom. The van der Waals surface area contributed by atoms with Gasteiger partial charge in [-0.05, 0) is 52.3 Å². The van der Waals surface area contributed by atoms with E-state index in [0.29, 0.717) is 11.4 Å². The van der Waals surface area contributed by atoms with Gasteiger partial charge in [-0.25, -0.2) is 0 Å². The number of nitro benzene ring substituents is 1. The summed E-state index contributed by atoms with van der Waals surface area (Å²) in [5.74, 6) is 1.29. The molecule has 3 rings (SSSR count). The second kappa shape index (κ2) is 7.79. The van der Waals surface area contributed by atoms with Crippen molar-refractivity contribution in [3.8, 4) is 17.2 Å². The van der Waals surface area contributed by atoms with E-state index >= 15 is 0 Å². The van der Waals surface area contributed by atoms with Crippen molar-refractivity contribution in [2.45, 2.75) is 0 Å². The highest BCUT2D eigenvalue weighted by Crippen LogP contribution is 2.32. The summed E-state index contributed by atoms with van der Waals surface area (Å²) in [5, 5.41) is 20.9. The predicted octanol–water partition coefficient (Wildman–Crippen LogP) is 5.61. The Morgan fingerprint density at radius 3 is 2.35 bits per heavy atom. The Kier molecular flexibility index (Phi) is 5.28. The number of phenolic OH excluding ortho intramolecular Hbond substituents is 1. The van der Waals surface area contributed by atoms with E-state index in [1.165, 1.54) is 18.3 Å². The van der Waals surface area contributed by atoms with Gasteiger partial charge in [-0.2, -0.15) is 0 Å². The van der Waals surface area contributed by atoms with Crippen molar-refractivity contribution in [1.29, 1.82) is 0 Å². The zero-order chi connectivity index (χ0) is 18.5. The van der Waals surface area contributed by atoms with Crippen molar-refractivity contribution in [1.82, 2.24) is 0 Å². The molecular formula is C19H13BrN2O4. The molecular weight excluding hydrogens is 400 g/mol. The van der Waals surface area contributed by atoms with E-state index in [4.69, 9.17) is 4.74 Å². The number of aromatic hydroxyl groups is 1. The van der Waals surface area contributed by atoms with Crippen LogP contribution in [0.3, 0.4) is 0 Å². The summed E-state index contributed by atoms with van der Waals surface area (Å²) in [6, 6.07) is 18.9. The van der Waals surface area contributed by atoms with Crippen molar-refractivity contribution in [2.75, 3.05) is 0 Å². The molecule has 0 bridgehead atoms. The number of ether oxygens (including phenoxy) is 1. The van der Waals surface area contributed by atoms with Crippen LogP contribution >= 0.6 is 15.9 Å². The topological polar surface area (TPSA) is 85.0 Å². The first kappa shape index (κ1) is 17.6. The molecule has 3 aromatic rings. The molecule has 0 aromatic heterocycles. The van der Waals surface area contributed by atoms with Gasteiger partial charge in [0.1, 0.15) is 17.2 Å². The molecule has 6 nitrogen and oxygen atoms in total. The normalized spacial score (nSPS) is 10.8. The van der Waals surface area contributed by atoms with Crippen molar-refractivity contribution >= 4 is 33.5 Å². The lowest BCUT2D eigenvalue weighted by molar-refractivity contribution is -0.385. The van der Waals surface area contributed by atoms with E-state index in [2.05, 4.69) is 20.9 Å². The standard InChI is InChI=1S/C19H13BrN2O4/c20-18-11-15(22(24)25)10-13(19(18)23)12-21-14-6-8-17(9-7-14)26-16-4-2-1-3-5-16/h1-12,23H. The molecule has 0 heterocycles. The fourth-order valence-electron chi connectivity index (χ4n) is 2.18. The summed E-state index contributed by atoms with van der Waals surface area (Å²) >= 11 is 3.10. The maximum Gasteiger partial charge on any atom is 0.271 e. The zero-order valence-corrected chi connectivity index (χ0v) is 15.0. The summed E-state index contributed by atoms with van der Waals surface area (Å²) in [6.07, 6.45) is 1.38. The second-order valence-electron chi connectivity index (χ2n) is 5.29. The van der Waals surface area contributed by atoms with Gasteiger partial charge < -0.3 is 9.84 Å². The smallest absolute Gasteiger partial charge is 0.271 e. The summed E-state index contributed by atoms with van der Waals surface area (Å²) in [7, 11) is 0. The predicted molar refractivity (Wildman–Crippen MR) is 103 cm³/mol. The Hall–Kier alpha value is -3.19. The third-order valence-electron chi connectivity index (χ3n) is 3.46. The summed E-state index contributed by atoms with van der Waals surface area (Å²) in [4.78, 5) is 14.6. The largest absolute Gasteiger partial charge is 0.506 e. The van der Waals surface area contributed by atoms with Gasteiger partial charge in [-0.3, -0.25) is 15.1 Å². The van der Waals surface area contributed by atoms with Gasteiger partial charge in [0.25, 0.3) is 5.69 Å². The molecule has 7 heteroatoms. The van der Waals surface area contributed by atoms with Crippen LogP contribution in [0.5, 0.6) is 17.2 Å². The molecule has 0 saturated heterocycles. The first-order valence-corrected chi connectivity index (χ1v) is 8.36. The Bertz CT molecular complexity index is 957. The van der Waals surface area contributed by atoms with Crippen molar-refractivity contribution in [3.05, 3.63) is 86.9 Å². The van der Waals surface area contributed by atoms with Crippen LogP contribution in [-0.2, 0) is 0 Å². The van der Waals surface area contributed by atoms with Crippen molar-refractivity contribution < 1.29 is 14.8 Å². The van der Waals surface area contributed by atoms with Crippen LogP contribution in [0, 0.1) is 10.1 Å². The van der Waals surface area contributed by atoms with Gasteiger partial charge >= 0.3 is 0 Å². The molecule has 130 valence electrons. The maximum atomic E-state index is 10.9. The highest BCUT2D eigenvalue weighted by molar-refractivity contribution is 9.10. The van der Waals surface area contributed by atoms with Gasteiger partial charge in [-0.15, -0.1) is 0 Å². The third kappa shape index (κ3) is 4.25. The number of phenols is 1. The number of hydrogen-bond donors (Lipinski definition) is 1. The van der Waals surface area contributed by atoms with Gasteiger partial charge in [-0.1, -0.05) is 18.2 Å². The molecule has 0 aliphatic carbocycles. The van der Waals surface area contributed by atoms with E-state index in [-0.39, 0.29) is 21.5 Å². The van der Waals surface area contributed by atoms with Crippen LogP contribution in [0.4, 0.5) is 11.4 Å². The van der Waals surface area contributed by atoms with Crippen LogP contribution < -0.4 is 4.74 Å². The first-order valence-electron chi connectivity index (χ1n) is 7.57. The zero-order valence-electron chi connectivity index (χ0n) is 13.4. The van der Waals surface area contributed by atoms with E-state index in [9.17, 15) is 15.2 Å². The lowest BCUT2D eigenvalue weighted by Crippen LogP contribution is -1.91. The van der Waals surface area contributed by atoms with Crippen molar-refractivity contribution in [2.24, 2.45) is 4.99 Å². The number of halogens is 1. The maximum absolute atomic E-state index is 10.9. The number of nitro groups is 1. The van der Waals surface area contributed by atoms with Gasteiger partial charge in [0.15, 0.2) is 0 Å². The number of aliphatic imine (C=N–C) groups is 1. The summed E-state index contributed by atoms with van der Waals surface area (Å²) in [6.45, 7) is 0. The molecule has 0 saturated carbocycles. The number of para-hydroxylation sites is 1. The van der Waals surface area contributed by atoms with Gasteiger partial charge in [0.05, 0.1) is 15.1 Å². The summed E-state index contributed by atoms with van der Waals surface area (Å²) < 4.78 is 5.94. The molecule has 0 spiro atoms. The van der Waals surface area contributed by atoms with Gasteiger partial charge in [0.2, 0.25) is 0 Å². The number of benzene rings is 3. The number of non-ortho nitro benzene ring substituents is 1. The highest BCUT2D eigenvalue weighted by Gasteiger charge is 2.13. The molecule has 0 fully saturated rings. The molecule has 0 unspecified atom stereocenters. The van der Waals surface area contributed by atoms with Crippen LogP contribution in [-0.4, -0.2) is 16.2 Å². The van der Waals surface area contributed by atoms with E-state index < -0.39 is 4.92 Å². The van der Waals surface area contributed by atoms with Crippen LogP contribution in [0.25, 0.3) is 0 Å². The highest BCUT2D eigenvalue weighted by atomic mass is 79.9. The molecule has 0 aliphatic rings. The Balaban J connectivity index is 1.78. The van der Waals surface area contributed by atoms with Gasteiger partial charge in [0, 0.05) is 23.9 Å². The SMILES string of the molecule is O=[N+]([O-])c1cc(Br)c(O)c(C=Nc2ccc(Oc3ccccc3)cc2)c1. The molecule has 0 radical (unpaired) electrons. The van der Waals surface area contributed by atoms with Crippen LogP contribution in [0.1, 0.15) is 5.56 Å². The fourth-order valence-corrected chi connectivity index (χ4v) is 2.64. The average molecular weight is 413 g/mol. The minimum absolute atomic E-state index is 0.108. The number of nitrogens with zero attached hydrogens (tertiary/aromatic N) is 2. The third-order valence-corrected chi connectivity index (χ3v) is 4.06. The minimum atomic E-state index is -0.531. The molecule has 0 atom stereocenters. The molecule has 26 heavy (non-hydrogen) atoms. The quantitative estimate of drug-likeness (QED) is 0.335. The summed E-state index contributed by atoms with van der Waals surface area (Å²) in [5.41, 5.74) is 0.728. The number of rotatable bonds is 5. The molecule has 0 amide bonds. The Morgan fingerprint density at radius 1 is 1.04 bits per heavy atom.